The number of benzene rings is 1. The van der Waals surface area contributed by atoms with Crippen molar-refractivity contribution in [1.29, 1.82) is 0 Å². The lowest BCUT2D eigenvalue weighted by atomic mass is 9.89. The summed E-state index contributed by atoms with van der Waals surface area (Å²) < 4.78 is 0. The van der Waals surface area contributed by atoms with Gasteiger partial charge in [0.25, 0.3) is 0 Å². The molecule has 0 bridgehead atoms. The summed E-state index contributed by atoms with van der Waals surface area (Å²) in [5.74, 6) is 0.175. The number of amides is 1. The standard InChI is InChI=1S/C18H24Cl2N2O3/c19-13-3-4-14(23)15(16(13)20)17(24)11-2-1-8-22(9-6-11)18(25)12-5-7-21-10-12/h3-4,11-12,17,21,23-24H,1-2,5-10H2/t11?,12-,17-/m0/s1. The molecule has 1 aromatic carbocycles. The van der Waals surface area contributed by atoms with Gasteiger partial charge >= 0.3 is 0 Å². The average Bonchev–Trinajstić information content (AvgIpc) is 3.02. The normalized spacial score (nSPS) is 25.6. The highest BCUT2D eigenvalue weighted by atomic mass is 35.5. The largest absolute Gasteiger partial charge is 0.508 e. The summed E-state index contributed by atoms with van der Waals surface area (Å²) in [6.07, 6.45) is 2.28. The summed E-state index contributed by atoms with van der Waals surface area (Å²) in [5, 5.41) is 24.6. The maximum Gasteiger partial charge on any atom is 0.227 e. The second kappa shape index (κ2) is 8.12. The first-order valence-electron chi connectivity index (χ1n) is 8.83. The molecule has 0 aliphatic carbocycles. The quantitative estimate of drug-likeness (QED) is 0.746. The van der Waals surface area contributed by atoms with Gasteiger partial charge < -0.3 is 20.4 Å². The molecule has 25 heavy (non-hydrogen) atoms. The number of phenols is 1. The molecule has 3 rings (SSSR count). The number of carbonyl (C=O) groups excluding carboxylic acids is 1. The third kappa shape index (κ3) is 4.05. The summed E-state index contributed by atoms with van der Waals surface area (Å²) in [6, 6.07) is 2.96. The van der Waals surface area contributed by atoms with Gasteiger partial charge in [-0.2, -0.15) is 0 Å². The van der Waals surface area contributed by atoms with E-state index in [0.29, 0.717) is 30.1 Å². The van der Waals surface area contributed by atoms with E-state index in [1.54, 1.807) is 0 Å². The van der Waals surface area contributed by atoms with Crippen molar-refractivity contribution < 1.29 is 15.0 Å². The van der Waals surface area contributed by atoms with E-state index in [1.165, 1.54) is 12.1 Å². The molecule has 2 heterocycles. The first-order chi connectivity index (χ1) is 12.0. The fourth-order valence-electron chi connectivity index (χ4n) is 3.86. The van der Waals surface area contributed by atoms with Crippen LogP contribution in [0.25, 0.3) is 0 Å². The van der Waals surface area contributed by atoms with Crippen molar-refractivity contribution in [3.8, 4) is 5.75 Å². The highest BCUT2D eigenvalue weighted by Crippen LogP contribution is 2.41. The Labute approximate surface area is 157 Å². The van der Waals surface area contributed by atoms with Crippen molar-refractivity contribution in [3.63, 3.8) is 0 Å². The minimum atomic E-state index is -0.894. The van der Waals surface area contributed by atoms with Gasteiger partial charge in [0, 0.05) is 25.2 Å². The Kier molecular flexibility index (Phi) is 6.10. The summed E-state index contributed by atoms with van der Waals surface area (Å²) in [6.45, 7) is 3.00. The number of hydrogen-bond donors (Lipinski definition) is 3. The van der Waals surface area contributed by atoms with E-state index in [1.807, 2.05) is 4.90 Å². The van der Waals surface area contributed by atoms with Gasteiger partial charge in [-0.15, -0.1) is 0 Å². The number of aromatic hydroxyl groups is 1. The minimum Gasteiger partial charge on any atom is -0.508 e. The molecule has 5 nitrogen and oxygen atoms in total. The molecule has 1 unspecified atom stereocenters. The topological polar surface area (TPSA) is 72.8 Å². The van der Waals surface area contributed by atoms with Crippen LogP contribution >= 0.6 is 23.2 Å². The highest BCUT2D eigenvalue weighted by Gasteiger charge is 2.32. The molecule has 0 saturated carbocycles. The Balaban J connectivity index is 1.68. The van der Waals surface area contributed by atoms with Crippen LogP contribution < -0.4 is 5.32 Å². The predicted molar refractivity (Wildman–Crippen MR) is 98.0 cm³/mol. The van der Waals surface area contributed by atoms with Gasteiger partial charge in [-0.1, -0.05) is 23.2 Å². The first-order valence-corrected chi connectivity index (χ1v) is 9.59. The van der Waals surface area contributed by atoms with Gasteiger partial charge in [0.15, 0.2) is 0 Å². The molecule has 138 valence electrons. The van der Waals surface area contributed by atoms with Crippen molar-refractivity contribution in [3.05, 3.63) is 27.7 Å². The molecule has 2 aliphatic rings. The lowest BCUT2D eigenvalue weighted by molar-refractivity contribution is -0.134. The SMILES string of the molecule is O=C([C@H]1CCNC1)N1CCCC([C@H](O)c2c(O)ccc(Cl)c2Cl)CC1. The zero-order valence-corrected chi connectivity index (χ0v) is 15.6. The van der Waals surface area contributed by atoms with Gasteiger partial charge in [-0.3, -0.25) is 4.79 Å². The summed E-state index contributed by atoms with van der Waals surface area (Å²) in [5.41, 5.74) is 0.291. The van der Waals surface area contributed by atoms with Crippen LogP contribution in [0, 0.1) is 11.8 Å². The minimum absolute atomic E-state index is 0.0453. The molecule has 1 amide bonds. The molecule has 2 fully saturated rings. The van der Waals surface area contributed by atoms with Crippen molar-refractivity contribution in [2.45, 2.75) is 31.8 Å². The molecule has 0 radical (unpaired) electrons. The molecule has 3 atom stereocenters. The third-order valence-corrected chi connectivity index (χ3v) is 6.16. The number of carbonyl (C=O) groups is 1. The molecule has 2 aliphatic heterocycles. The fraction of sp³-hybridized carbons (Fsp3) is 0.611. The molecule has 0 spiro atoms. The predicted octanol–water partition coefficient (Wildman–Crippen LogP) is 2.97. The van der Waals surface area contributed by atoms with E-state index < -0.39 is 6.10 Å². The molecule has 0 aromatic heterocycles. The molecular weight excluding hydrogens is 363 g/mol. The molecule has 1 aromatic rings. The first kappa shape index (κ1) is 18.8. The lowest BCUT2D eigenvalue weighted by Gasteiger charge is -2.25. The van der Waals surface area contributed by atoms with Crippen molar-refractivity contribution in [1.82, 2.24) is 10.2 Å². The van der Waals surface area contributed by atoms with Crippen LogP contribution in [0.5, 0.6) is 5.75 Å². The number of phenolic OH excluding ortho intramolecular Hbond substituents is 1. The van der Waals surface area contributed by atoms with E-state index in [2.05, 4.69) is 5.32 Å². The van der Waals surface area contributed by atoms with Crippen molar-refractivity contribution in [2.24, 2.45) is 11.8 Å². The Morgan fingerprint density at radius 2 is 2.04 bits per heavy atom. The van der Waals surface area contributed by atoms with Crippen LogP contribution in [0.15, 0.2) is 12.1 Å². The maximum absolute atomic E-state index is 12.6. The number of nitrogens with one attached hydrogen (secondary N) is 1. The van der Waals surface area contributed by atoms with Gasteiger partial charge in [0.1, 0.15) is 5.75 Å². The van der Waals surface area contributed by atoms with Crippen LogP contribution in [0.3, 0.4) is 0 Å². The molecule has 3 N–H and O–H groups in total. The summed E-state index contributed by atoms with van der Waals surface area (Å²) in [4.78, 5) is 14.5. The van der Waals surface area contributed by atoms with E-state index in [9.17, 15) is 15.0 Å². The smallest absolute Gasteiger partial charge is 0.227 e. The van der Waals surface area contributed by atoms with Crippen LogP contribution in [-0.2, 0) is 4.79 Å². The average molecular weight is 387 g/mol. The van der Waals surface area contributed by atoms with Gasteiger partial charge in [-0.05, 0) is 50.3 Å². The molecule has 2 saturated heterocycles. The number of aliphatic hydroxyl groups excluding tert-OH is 1. The zero-order valence-electron chi connectivity index (χ0n) is 14.0. The third-order valence-electron chi connectivity index (χ3n) is 5.35. The van der Waals surface area contributed by atoms with E-state index in [0.717, 1.165) is 32.4 Å². The Bertz CT molecular complexity index is 635. The van der Waals surface area contributed by atoms with E-state index >= 15 is 0 Å². The Morgan fingerprint density at radius 1 is 1.24 bits per heavy atom. The lowest BCUT2D eigenvalue weighted by Crippen LogP contribution is -2.37. The van der Waals surface area contributed by atoms with Gasteiger partial charge in [-0.25, -0.2) is 0 Å². The number of halogens is 2. The van der Waals surface area contributed by atoms with Crippen molar-refractivity contribution in [2.75, 3.05) is 26.2 Å². The van der Waals surface area contributed by atoms with Crippen LogP contribution in [0.4, 0.5) is 0 Å². The zero-order chi connectivity index (χ0) is 18.0. The second-order valence-corrected chi connectivity index (χ2v) is 7.73. The van der Waals surface area contributed by atoms with Gasteiger partial charge in [0.2, 0.25) is 5.91 Å². The van der Waals surface area contributed by atoms with E-state index in [-0.39, 0.29) is 28.5 Å². The molecule has 7 heteroatoms. The Hall–Kier alpha value is -1.01. The highest BCUT2D eigenvalue weighted by molar-refractivity contribution is 6.42. The molecular formula is C18H24Cl2N2O3. The van der Waals surface area contributed by atoms with Crippen LogP contribution in [0.1, 0.15) is 37.4 Å². The van der Waals surface area contributed by atoms with E-state index in [4.69, 9.17) is 23.2 Å². The number of aliphatic hydroxyl groups is 1. The maximum atomic E-state index is 12.6. The monoisotopic (exact) mass is 386 g/mol. The van der Waals surface area contributed by atoms with Crippen LogP contribution in [0.2, 0.25) is 10.0 Å². The number of rotatable bonds is 3. The second-order valence-electron chi connectivity index (χ2n) is 6.94. The fourth-order valence-corrected chi connectivity index (χ4v) is 4.29. The Morgan fingerprint density at radius 3 is 2.76 bits per heavy atom. The number of nitrogens with zero attached hydrogens (tertiary/aromatic N) is 1. The summed E-state index contributed by atoms with van der Waals surface area (Å²) >= 11 is 12.2. The number of likely N-dealkylation sites (tertiary alicyclic amines) is 1. The summed E-state index contributed by atoms with van der Waals surface area (Å²) in [7, 11) is 0. The number of hydrogen-bond acceptors (Lipinski definition) is 4. The van der Waals surface area contributed by atoms with Gasteiger partial charge in [0.05, 0.1) is 22.1 Å². The van der Waals surface area contributed by atoms with Crippen molar-refractivity contribution >= 4 is 29.1 Å². The van der Waals surface area contributed by atoms with Crippen LogP contribution in [-0.4, -0.2) is 47.2 Å².